The lowest BCUT2D eigenvalue weighted by atomic mass is 10.1. The summed E-state index contributed by atoms with van der Waals surface area (Å²) in [6.07, 6.45) is 0. The molecule has 0 unspecified atom stereocenters. The Hall–Kier alpha value is -3.07. The van der Waals surface area contributed by atoms with Gasteiger partial charge in [-0.2, -0.15) is 4.31 Å². The van der Waals surface area contributed by atoms with Crippen molar-refractivity contribution in [2.75, 3.05) is 33.3 Å². The van der Waals surface area contributed by atoms with Gasteiger partial charge in [0.25, 0.3) is 0 Å². The zero-order valence-corrected chi connectivity index (χ0v) is 20.4. The summed E-state index contributed by atoms with van der Waals surface area (Å²) in [6.45, 7) is 3.63. The molecule has 0 atom stereocenters. The molecule has 3 aromatic rings. The van der Waals surface area contributed by atoms with Crippen molar-refractivity contribution in [1.29, 1.82) is 0 Å². The SMILES string of the molecule is COc1ccc2c(c1)C(N1CCN(S(=O)(=O)c3cccc(Cl)c3)CC1)=Nc1ccc(C)cc1O2. The summed E-state index contributed by atoms with van der Waals surface area (Å²) in [4.78, 5) is 7.25. The summed E-state index contributed by atoms with van der Waals surface area (Å²) in [7, 11) is -2.01. The number of amidine groups is 1. The molecule has 0 saturated carbocycles. The highest BCUT2D eigenvalue weighted by molar-refractivity contribution is 7.89. The van der Waals surface area contributed by atoms with Crippen LogP contribution in [0.1, 0.15) is 11.1 Å². The molecule has 34 heavy (non-hydrogen) atoms. The fourth-order valence-electron chi connectivity index (χ4n) is 4.15. The summed E-state index contributed by atoms with van der Waals surface area (Å²) < 4.78 is 39.4. The van der Waals surface area contributed by atoms with Crippen LogP contribution in [0.4, 0.5) is 5.69 Å². The van der Waals surface area contributed by atoms with Gasteiger partial charge in [-0.3, -0.25) is 0 Å². The number of ether oxygens (including phenoxy) is 2. The second-order valence-corrected chi connectivity index (χ2v) is 10.6. The zero-order valence-electron chi connectivity index (χ0n) is 18.9. The van der Waals surface area contributed by atoms with Crippen molar-refractivity contribution in [3.8, 4) is 17.2 Å². The molecular weight excluding hydrogens is 474 g/mol. The van der Waals surface area contributed by atoms with E-state index in [0.717, 1.165) is 22.6 Å². The molecule has 3 aromatic carbocycles. The van der Waals surface area contributed by atoms with E-state index in [2.05, 4.69) is 4.90 Å². The molecule has 0 aliphatic carbocycles. The average molecular weight is 498 g/mol. The first-order valence-corrected chi connectivity index (χ1v) is 12.7. The molecule has 2 aliphatic rings. The Bertz CT molecular complexity index is 1380. The number of benzene rings is 3. The van der Waals surface area contributed by atoms with Crippen LogP contribution in [0.2, 0.25) is 5.02 Å². The van der Waals surface area contributed by atoms with E-state index in [1.54, 1.807) is 25.3 Å². The lowest BCUT2D eigenvalue weighted by Gasteiger charge is -2.36. The lowest BCUT2D eigenvalue weighted by molar-refractivity contribution is 0.266. The first-order chi connectivity index (χ1) is 16.3. The molecule has 176 valence electrons. The van der Waals surface area contributed by atoms with Crippen molar-refractivity contribution in [3.05, 3.63) is 76.8 Å². The Kier molecular flexibility index (Phi) is 5.97. The molecule has 0 spiro atoms. The van der Waals surface area contributed by atoms with Gasteiger partial charge in [-0.05, 0) is 61.0 Å². The highest BCUT2D eigenvalue weighted by Gasteiger charge is 2.32. The van der Waals surface area contributed by atoms with Gasteiger partial charge >= 0.3 is 0 Å². The van der Waals surface area contributed by atoms with E-state index in [1.807, 2.05) is 43.3 Å². The molecule has 0 N–H and O–H groups in total. The first kappa shape index (κ1) is 22.7. The van der Waals surface area contributed by atoms with Crippen molar-refractivity contribution >= 4 is 33.1 Å². The second kappa shape index (κ2) is 8.94. The van der Waals surface area contributed by atoms with Gasteiger partial charge in [0.15, 0.2) is 5.75 Å². The van der Waals surface area contributed by atoms with Crippen LogP contribution in [0.25, 0.3) is 0 Å². The first-order valence-electron chi connectivity index (χ1n) is 10.9. The Labute approximate surface area is 204 Å². The largest absolute Gasteiger partial charge is 0.497 e. The summed E-state index contributed by atoms with van der Waals surface area (Å²) in [5.41, 5.74) is 2.61. The topological polar surface area (TPSA) is 71.4 Å². The van der Waals surface area contributed by atoms with E-state index < -0.39 is 10.0 Å². The van der Waals surface area contributed by atoms with Gasteiger partial charge in [0, 0.05) is 31.2 Å². The monoisotopic (exact) mass is 497 g/mol. The molecule has 0 aromatic heterocycles. The van der Waals surface area contributed by atoms with Gasteiger partial charge < -0.3 is 14.4 Å². The van der Waals surface area contributed by atoms with Crippen LogP contribution >= 0.6 is 11.6 Å². The van der Waals surface area contributed by atoms with Crippen molar-refractivity contribution in [1.82, 2.24) is 9.21 Å². The van der Waals surface area contributed by atoms with Gasteiger partial charge in [-0.15, -0.1) is 0 Å². The van der Waals surface area contributed by atoms with E-state index in [4.69, 9.17) is 26.1 Å². The summed E-state index contributed by atoms with van der Waals surface area (Å²) in [6, 6.07) is 17.9. The molecule has 1 saturated heterocycles. The minimum Gasteiger partial charge on any atom is -0.497 e. The molecule has 5 rings (SSSR count). The predicted molar refractivity (Wildman–Crippen MR) is 132 cm³/mol. The van der Waals surface area contributed by atoms with Crippen LogP contribution in [0.5, 0.6) is 17.2 Å². The Morgan fingerprint density at radius 3 is 2.50 bits per heavy atom. The number of piperazine rings is 1. The number of sulfonamides is 1. The third-order valence-corrected chi connectivity index (χ3v) is 8.09. The molecule has 0 bridgehead atoms. The Morgan fingerprint density at radius 1 is 0.971 bits per heavy atom. The van der Waals surface area contributed by atoms with E-state index >= 15 is 0 Å². The minimum absolute atomic E-state index is 0.202. The number of halogens is 1. The van der Waals surface area contributed by atoms with E-state index in [-0.39, 0.29) is 4.90 Å². The number of aryl methyl sites for hydroxylation is 1. The maximum Gasteiger partial charge on any atom is 0.243 e. The summed E-state index contributed by atoms with van der Waals surface area (Å²) in [5, 5.41) is 0.395. The van der Waals surface area contributed by atoms with Gasteiger partial charge in [0.2, 0.25) is 10.0 Å². The Balaban J connectivity index is 1.47. The third-order valence-electron chi connectivity index (χ3n) is 5.96. The van der Waals surface area contributed by atoms with Gasteiger partial charge in [0.1, 0.15) is 23.0 Å². The molecular formula is C25H24ClN3O4S. The zero-order chi connectivity index (χ0) is 23.9. The van der Waals surface area contributed by atoms with Crippen LogP contribution in [0, 0.1) is 6.92 Å². The normalized spacial score (nSPS) is 16.1. The molecule has 2 heterocycles. The number of methoxy groups -OCH3 is 1. The van der Waals surface area contributed by atoms with E-state index in [9.17, 15) is 8.42 Å². The van der Waals surface area contributed by atoms with Crippen LogP contribution in [-0.4, -0.2) is 56.7 Å². The molecule has 0 radical (unpaired) electrons. The molecule has 0 amide bonds. The number of fused-ring (bicyclic) bond motifs is 2. The molecule has 7 nitrogen and oxygen atoms in total. The maximum absolute atomic E-state index is 13.1. The minimum atomic E-state index is -3.63. The number of hydrogen-bond acceptors (Lipinski definition) is 6. The van der Waals surface area contributed by atoms with Gasteiger partial charge in [-0.1, -0.05) is 23.7 Å². The highest BCUT2D eigenvalue weighted by Crippen LogP contribution is 2.40. The summed E-state index contributed by atoms with van der Waals surface area (Å²) >= 11 is 6.02. The number of hydrogen-bond donors (Lipinski definition) is 0. The summed E-state index contributed by atoms with van der Waals surface area (Å²) in [5.74, 6) is 2.79. The van der Waals surface area contributed by atoms with Crippen molar-refractivity contribution in [2.24, 2.45) is 4.99 Å². The Morgan fingerprint density at radius 2 is 1.76 bits per heavy atom. The molecule has 9 heteroatoms. The fraction of sp³-hybridized carbons (Fsp3) is 0.240. The lowest BCUT2D eigenvalue weighted by Crippen LogP contribution is -2.50. The van der Waals surface area contributed by atoms with Crippen molar-refractivity contribution in [2.45, 2.75) is 11.8 Å². The second-order valence-electron chi connectivity index (χ2n) is 8.22. The van der Waals surface area contributed by atoms with Crippen LogP contribution in [0.15, 0.2) is 70.6 Å². The average Bonchev–Trinajstić information content (AvgIpc) is 3.00. The molecule has 1 fully saturated rings. The fourth-order valence-corrected chi connectivity index (χ4v) is 5.87. The standard InChI is InChI=1S/C25H24ClN3O4S/c1-17-6-8-22-24(14-17)33-23-9-7-19(32-2)16-21(23)25(27-22)28-10-12-29(13-11-28)34(30,31)20-5-3-4-18(26)15-20/h3-9,14-16H,10-13H2,1-2H3. The third kappa shape index (κ3) is 4.24. The van der Waals surface area contributed by atoms with Gasteiger partial charge in [-0.25, -0.2) is 13.4 Å². The van der Waals surface area contributed by atoms with Crippen LogP contribution in [0.3, 0.4) is 0 Å². The highest BCUT2D eigenvalue weighted by atomic mass is 35.5. The number of aliphatic imine (C=N–C) groups is 1. The number of rotatable bonds is 3. The maximum atomic E-state index is 13.1. The van der Waals surface area contributed by atoms with Crippen molar-refractivity contribution in [3.63, 3.8) is 0 Å². The smallest absolute Gasteiger partial charge is 0.243 e. The van der Waals surface area contributed by atoms with Gasteiger partial charge in [0.05, 0.1) is 17.6 Å². The quantitative estimate of drug-likeness (QED) is 0.517. The van der Waals surface area contributed by atoms with Crippen molar-refractivity contribution < 1.29 is 17.9 Å². The molecule has 2 aliphatic heterocycles. The predicted octanol–water partition coefficient (Wildman–Crippen LogP) is 4.85. The van der Waals surface area contributed by atoms with E-state index in [0.29, 0.717) is 48.5 Å². The number of nitrogens with zero attached hydrogens (tertiary/aromatic N) is 3. The van der Waals surface area contributed by atoms with E-state index in [1.165, 1.54) is 10.4 Å². The van der Waals surface area contributed by atoms with Crippen LogP contribution < -0.4 is 9.47 Å². The van der Waals surface area contributed by atoms with Crippen LogP contribution in [-0.2, 0) is 10.0 Å².